The summed E-state index contributed by atoms with van der Waals surface area (Å²) in [4.78, 5) is 14.1. The molecule has 0 bridgehead atoms. The van der Waals surface area contributed by atoms with Gasteiger partial charge in [0, 0.05) is 18.4 Å². The van der Waals surface area contributed by atoms with Crippen LogP contribution in [0.25, 0.3) is 0 Å². The Bertz CT molecular complexity index is 346. The van der Waals surface area contributed by atoms with Gasteiger partial charge in [-0.2, -0.15) is 0 Å². The maximum Gasteiger partial charge on any atom is 0.325 e. The lowest BCUT2D eigenvalue weighted by atomic mass is 10.00. The molecule has 1 aliphatic heterocycles. The zero-order valence-corrected chi connectivity index (χ0v) is 8.55. The average Bonchev–Trinajstić information content (AvgIpc) is 2.51. The lowest BCUT2D eigenvalue weighted by molar-refractivity contribution is 0.332. The second kappa shape index (κ2) is 4.00. The minimum atomic E-state index is 0.0214. The van der Waals surface area contributed by atoms with Crippen molar-refractivity contribution in [2.45, 2.75) is 26.3 Å². The van der Waals surface area contributed by atoms with Gasteiger partial charge in [-0.1, -0.05) is 0 Å². The van der Waals surface area contributed by atoms with Crippen molar-refractivity contribution in [1.29, 1.82) is 0 Å². The summed E-state index contributed by atoms with van der Waals surface area (Å²) in [7, 11) is 0. The summed E-state index contributed by atoms with van der Waals surface area (Å²) in [6.45, 7) is 4.98. The smallest absolute Gasteiger partial charge is 0.316 e. The van der Waals surface area contributed by atoms with E-state index in [1.807, 2.05) is 11.5 Å². The summed E-state index contributed by atoms with van der Waals surface area (Å²) in [6, 6.07) is 0. The van der Waals surface area contributed by atoms with Crippen LogP contribution in [0.4, 0.5) is 0 Å². The van der Waals surface area contributed by atoms with E-state index in [1.54, 1.807) is 6.20 Å². The SMILES string of the molecule is Cc1c[nH]c(=O)n1CC1CCCNC1. The number of H-pyrrole nitrogens is 1. The number of nitrogens with one attached hydrogen (secondary N) is 2. The highest BCUT2D eigenvalue weighted by atomic mass is 16.1. The Hall–Kier alpha value is -1.03. The molecule has 1 aromatic rings. The molecule has 0 aliphatic carbocycles. The van der Waals surface area contributed by atoms with Crippen LogP contribution in [0.1, 0.15) is 18.5 Å². The third-order valence-electron chi connectivity index (χ3n) is 2.92. The summed E-state index contributed by atoms with van der Waals surface area (Å²) in [5.41, 5.74) is 1.05. The second-order valence-corrected chi connectivity index (χ2v) is 4.06. The van der Waals surface area contributed by atoms with Gasteiger partial charge in [0.15, 0.2) is 0 Å². The zero-order chi connectivity index (χ0) is 9.97. The van der Waals surface area contributed by atoms with Crippen molar-refractivity contribution in [3.05, 3.63) is 22.4 Å². The molecule has 0 aromatic carbocycles. The number of aromatic nitrogens is 2. The van der Waals surface area contributed by atoms with E-state index < -0.39 is 0 Å². The second-order valence-electron chi connectivity index (χ2n) is 4.06. The third-order valence-corrected chi connectivity index (χ3v) is 2.92. The highest BCUT2D eigenvalue weighted by molar-refractivity contribution is 4.95. The van der Waals surface area contributed by atoms with Gasteiger partial charge in [0.2, 0.25) is 0 Å². The zero-order valence-electron chi connectivity index (χ0n) is 8.55. The van der Waals surface area contributed by atoms with Crippen LogP contribution in [0.3, 0.4) is 0 Å². The van der Waals surface area contributed by atoms with E-state index in [9.17, 15) is 4.79 Å². The molecule has 0 amide bonds. The number of aryl methyl sites for hydroxylation is 1. The minimum Gasteiger partial charge on any atom is -0.316 e. The van der Waals surface area contributed by atoms with Crippen LogP contribution in [0.5, 0.6) is 0 Å². The summed E-state index contributed by atoms with van der Waals surface area (Å²) >= 11 is 0. The van der Waals surface area contributed by atoms with Crippen LogP contribution in [-0.2, 0) is 6.54 Å². The van der Waals surface area contributed by atoms with Gasteiger partial charge in [-0.3, -0.25) is 4.57 Å². The van der Waals surface area contributed by atoms with E-state index in [2.05, 4.69) is 10.3 Å². The molecule has 1 unspecified atom stereocenters. The molecular weight excluding hydrogens is 178 g/mol. The molecule has 1 fully saturated rings. The molecule has 4 heteroatoms. The Morgan fingerprint density at radius 3 is 3.07 bits per heavy atom. The molecule has 0 radical (unpaired) electrons. The highest BCUT2D eigenvalue weighted by Crippen LogP contribution is 2.12. The lowest BCUT2D eigenvalue weighted by Crippen LogP contribution is -2.34. The van der Waals surface area contributed by atoms with Crippen molar-refractivity contribution in [3.8, 4) is 0 Å². The normalized spacial score (nSPS) is 22.5. The molecule has 2 heterocycles. The van der Waals surface area contributed by atoms with Gasteiger partial charge in [-0.15, -0.1) is 0 Å². The van der Waals surface area contributed by atoms with E-state index in [1.165, 1.54) is 12.8 Å². The van der Waals surface area contributed by atoms with Crippen molar-refractivity contribution >= 4 is 0 Å². The number of hydrogen-bond acceptors (Lipinski definition) is 2. The first-order valence-electron chi connectivity index (χ1n) is 5.23. The maximum absolute atomic E-state index is 11.4. The van der Waals surface area contributed by atoms with Crippen molar-refractivity contribution in [2.24, 2.45) is 5.92 Å². The van der Waals surface area contributed by atoms with Crippen molar-refractivity contribution < 1.29 is 0 Å². The monoisotopic (exact) mass is 195 g/mol. The number of imidazole rings is 1. The van der Waals surface area contributed by atoms with Crippen LogP contribution in [0.15, 0.2) is 11.0 Å². The Morgan fingerprint density at radius 2 is 2.50 bits per heavy atom. The average molecular weight is 195 g/mol. The van der Waals surface area contributed by atoms with Crippen LogP contribution in [-0.4, -0.2) is 22.6 Å². The standard InChI is InChI=1S/C10H17N3O/c1-8-5-12-10(14)13(8)7-9-3-2-4-11-6-9/h5,9,11H,2-4,6-7H2,1H3,(H,12,14). The number of hydrogen-bond donors (Lipinski definition) is 2. The molecule has 2 N–H and O–H groups in total. The number of aromatic amines is 1. The molecule has 2 rings (SSSR count). The fourth-order valence-corrected chi connectivity index (χ4v) is 2.05. The van der Waals surface area contributed by atoms with Gasteiger partial charge in [-0.25, -0.2) is 4.79 Å². The van der Waals surface area contributed by atoms with Gasteiger partial charge in [0.25, 0.3) is 0 Å². The van der Waals surface area contributed by atoms with Crippen molar-refractivity contribution in [3.63, 3.8) is 0 Å². The number of piperidine rings is 1. The quantitative estimate of drug-likeness (QED) is 0.721. The predicted octanol–water partition coefficient (Wildman–Crippen LogP) is 0.484. The molecule has 0 spiro atoms. The fraction of sp³-hybridized carbons (Fsp3) is 0.700. The van der Waals surface area contributed by atoms with Crippen molar-refractivity contribution in [2.75, 3.05) is 13.1 Å². The molecule has 0 saturated carbocycles. The third kappa shape index (κ3) is 1.90. The minimum absolute atomic E-state index is 0.0214. The van der Waals surface area contributed by atoms with E-state index in [4.69, 9.17) is 0 Å². The van der Waals surface area contributed by atoms with E-state index in [-0.39, 0.29) is 5.69 Å². The number of rotatable bonds is 2. The Kier molecular flexibility index (Phi) is 2.72. The first kappa shape index (κ1) is 9.52. The van der Waals surface area contributed by atoms with Crippen LogP contribution < -0.4 is 11.0 Å². The summed E-state index contributed by atoms with van der Waals surface area (Å²) in [5.74, 6) is 0.607. The van der Waals surface area contributed by atoms with Crippen LogP contribution in [0.2, 0.25) is 0 Å². The molecule has 1 saturated heterocycles. The summed E-state index contributed by atoms with van der Waals surface area (Å²) in [6.07, 6.45) is 4.23. The van der Waals surface area contributed by atoms with Gasteiger partial charge in [0.1, 0.15) is 0 Å². The molecule has 4 nitrogen and oxygen atoms in total. The van der Waals surface area contributed by atoms with Gasteiger partial charge in [-0.05, 0) is 38.8 Å². The first-order valence-corrected chi connectivity index (χ1v) is 5.23. The maximum atomic E-state index is 11.4. The van der Waals surface area contributed by atoms with Crippen LogP contribution in [0, 0.1) is 12.8 Å². The molecule has 78 valence electrons. The van der Waals surface area contributed by atoms with Gasteiger partial charge in [0.05, 0.1) is 0 Å². The van der Waals surface area contributed by atoms with E-state index >= 15 is 0 Å². The number of nitrogens with zero attached hydrogens (tertiary/aromatic N) is 1. The molecule has 1 aliphatic rings. The Balaban J connectivity index is 2.06. The summed E-state index contributed by atoms with van der Waals surface area (Å²) in [5, 5.41) is 3.36. The topological polar surface area (TPSA) is 49.8 Å². The molecular formula is C10H17N3O. The largest absolute Gasteiger partial charge is 0.325 e. The van der Waals surface area contributed by atoms with E-state index in [0.717, 1.165) is 25.3 Å². The van der Waals surface area contributed by atoms with Crippen molar-refractivity contribution in [1.82, 2.24) is 14.9 Å². The highest BCUT2D eigenvalue weighted by Gasteiger charge is 2.15. The molecule has 14 heavy (non-hydrogen) atoms. The Morgan fingerprint density at radius 1 is 1.64 bits per heavy atom. The Labute approximate surface area is 83.3 Å². The first-order chi connectivity index (χ1) is 6.77. The fourth-order valence-electron chi connectivity index (χ4n) is 2.05. The molecule has 1 aromatic heterocycles. The van der Waals surface area contributed by atoms with Crippen LogP contribution >= 0.6 is 0 Å². The predicted molar refractivity (Wildman–Crippen MR) is 55.4 cm³/mol. The van der Waals surface area contributed by atoms with Gasteiger partial charge < -0.3 is 10.3 Å². The lowest BCUT2D eigenvalue weighted by Gasteiger charge is -2.23. The van der Waals surface area contributed by atoms with Gasteiger partial charge >= 0.3 is 5.69 Å². The summed E-state index contributed by atoms with van der Waals surface area (Å²) < 4.78 is 1.83. The molecule has 1 atom stereocenters. The van der Waals surface area contributed by atoms with E-state index in [0.29, 0.717) is 5.92 Å².